The Labute approximate surface area is 215 Å². The molecule has 11 heteroatoms. The quantitative estimate of drug-likeness (QED) is 0.221. The summed E-state index contributed by atoms with van der Waals surface area (Å²) in [5, 5.41) is 12.0. The first-order chi connectivity index (χ1) is 16.4. The number of rotatable bonds is 7. The van der Waals surface area contributed by atoms with E-state index in [1.807, 2.05) is 11.4 Å². The van der Waals surface area contributed by atoms with Crippen molar-refractivity contribution in [2.45, 2.75) is 6.42 Å². The van der Waals surface area contributed by atoms with Crippen LogP contribution in [-0.2, 0) is 15.9 Å². The van der Waals surface area contributed by atoms with Crippen LogP contribution in [0.15, 0.2) is 35.7 Å². The minimum absolute atomic E-state index is 0.0232. The van der Waals surface area contributed by atoms with Crippen molar-refractivity contribution in [3.05, 3.63) is 58.2 Å². The molecule has 0 bridgehead atoms. The fourth-order valence-corrected chi connectivity index (χ4v) is 5.26. The van der Waals surface area contributed by atoms with Gasteiger partial charge in [-0.15, -0.1) is 11.3 Å². The van der Waals surface area contributed by atoms with Crippen molar-refractivity contribution >= 4 is 59.4 Å². The molecule has 0 amide bonds. The standard InChI is InChI=1S/C23H18INO7S2/c1-30-23(29)19-13(2-3-17(25-19)22(28)32-7-9-34-24)14-11-18-16(10-15(14)21(26)27)20-12(4-6-31-18)5-8-33-20/h2-3,5,8,10-11H,4,6-7,9H2,1H3,(H,26,27). The molecule has 0 atom stereocenters. The Balaban J connectivity index is 1.85. The SMILES string of the molecule is COC(=O)c1nc(C(=O)OCCSI)ccc1-c1cc2c(cc1C(=O)O)-c1sccc1CCO2. The molecule has 8 nitrogen and oxygen atoms in total. The summed E-state index contributed by atoms with van der Waals surface area (Å²) in [4.78, 5) is 42.3. The third kappa shape index (κ3) is 4.91. The number of carboxylic acid groups (broad SMARTS) is 1. The second-order valence-electron chi connectivity index (χ2n) is 7.11. The van der Waals surface area contributed by atoms with Gasteiger partial charge in [-0.05, 0) is 62.5 Å². The minimum Gasteiger partial charge on any atom is -0.493 e. The van der Waals surface area contributed by atoms with Crippen molar-refractivity contribution in [2.24, 2.45) is 0 Å². The van der Waals surface area contributed by atoms with E-state index in [9.17, 15) is 19.5 Å². The van der Waals surface area contributed by atoms with E-state index >= 15 is 0 Å². The molecule has 0 unspecified atom stereocenters. The van der Waals surface area contributed by atoms with Gasteiger partial charge in [0.15, 0.2) is 5.69 Å². The molecule has 176 valence electrons. The van der Waals surface area contributed by atoms with E-state index in [4.69, 9.17) is 14.2 Å². The van der Waals surface area contributed by atoms with Crippen LogP contribution >= 0.6 is 41.5 Å². The number of hydrogen-bond donors (Lipinski definition) is 1. The molecule has 1 aliphatic heterocycles. The number of esters is 2. The summed E-state index contributed by atoms with van der Waals surface area (Å²) >= 11 is 3.61. The van der Waals surface area contributed by atoms with Gasteiger partial charge < -0.3 is 19.3 Å². The summed E-state index contributed by atoms with van der Waals surface area (Å²) in [6, 6.07) is 8.04. The second kappa shape index (κ2) is 10.7. The summed E-state index contributed by atoms with van der Waals surface area (Å²) in [6.45, 7) is 0.629. The topological polar surface area (TPSA) is 112 Å². The van der Waals surface area contributed by atoms with Crippen LogP contribution in [0.25, 0.3) is 21.6 Å². The van der Waals surface area contributed by atoms with Crippen molar-refractivity contribution in [3.8, 4) is 27.3 Å². The number of hydrogen-bond acceptors (Lipinski definition) is 9. The van der Waals surface area contributed by atoms with Crippen LogP contribution in [0.3, 0.4) is 0 Å². The lowest BCUT2D eigenvalue weighted by molar-refractivity contribution is 0.0522. The van der Waals surface area contributed by atoms with E-state index in [1.165, 1.54) is 39.5 Å². The van der Waals surface area contributed by atoms with Crippen LogP contribution in [-0.4, -0.2) is 54.1 Å². The van der Waals surface area contributed by atoms with Gasteiger partial charge in [0.1, 0.15) is 18.1 Å². The molecule has 0 saturated carbocycles. The maximum atomic E-state index is 12.6. The van der Waals surface area contributed by atoms with Gasteiger partial charge >= 0.3 is 17.9 Å². The van der Waals surface area contributed by atoms with Gasteiger partial charge in [-0.3, -0.25) is 0 Å². The molecule has 4 rings (SSSR count). The maximum Gasteiger partial charge on any atom is 0.357 e. The fraction of sp³-hybridized carbons (Fsp3) is 0.217. The zero-order chi connectivity index (χ0) is 24.2. The number of carbonyl (C=O) groups excluding carboxylic acids is 2. The van der Waals surface area contributed by atoms with Crippen LogP contribution in [0.1, 0.15) is 36.9 Å². The van der Waals surface area contributed by atoms with Gasteiger partial charge in [-0.25, -0.2) is 19.4 Å². The minimum atomic E-state index is -1.17. The Morgan fingerprint density at radius 1 is 1.18 bits per heavy atom. The Morgan fingerprint density at radius 2 is 2.00 bits per heavy atom. The van der Waals surface area contributed by atoms with Crippen molar-refractivity contribution in [1.29, 1.82) is 0 Å². The zero-order valence-electron chi connectivity index (χ0n) is 17.8. The Morgan fingerprint density at radius 3 is 2.74 bits per heavy atom. The highest BCUT2D eigenvalue weighted by molar-refractivity contribution is 14.2. The molecule has 3 aromatic rings. The number of benzene rings is 1. The number of aromatic nitrogens is 1. The monoisotopic (exact) mass is 611 g/mol. The first-order valence-corrected chi connectivity index (χ1v) is 14.5. The highest BCUT2D eigenvalue weighted by Gasteiger charge is 2.26. The molecule has 2 aromatic heterocycles. The smallest absolute Gasteiger partial charge is 0.357 e. The number of thiophene rings is 1. The summed E-state index contributed by atoms with van der Waals surface area (Å²) in [7, 11) is 2.68. The number of halogens is 1. The zero-order valence-corrected chi connectivity index (χ0v) is 21.6. The molecule has 0 aliphatic carbocycles. The molecule has 1 N–H and O–H groups in total. The van der Waals surface area contributed by atoms with Crippen LogP contribution in [0.4, 0.5) is 0 Å². The third-order valence-corrected chi connectivity index (χ3v) is 7.77. The Hall–Kier alpha value is -2.64. The number of ether oxygens (including phenoxy) is 3. The number of nitrogens with zero attached hydrogens (tertiary/aromatic N) is 1. The molecule has 3 heterocycles. The van der Waals surface area contributed by atoms with E-state index in [0.29, 0.717) is 30.1 Å². The van der Waals surface area contributed by atoms with Crippen molar-refractivity contribution in [3.63, 3.8) is 0 Å². The highest BCUT2D eigenvalue weighted by Crippen LogP contribution is 2.43. The van der Waals surface area contributed by atoms with Gasteiger partial charge in [0.05, 0.1) is 19.3 Å². The van der Waals surface area contributed by atoms with Crippen LogP contribution < -0.4 is 4.74 Å². The predicted octanol–water partition coefficient (Wildman–Crippen LogP) is 5.14. The molecular weight excluding hydrogens is 593 g/mol. The maximum absolute atomic E-state index is 12.6. The van der Waals surface area contributed by atoms with E-state index in [2.05, 4.69) is 26.2 Å². The van der Waals surface area contributed by atoms with Crippen molar-refractivity contribution in [2.75, 3.05) is 26.1 Å². The second-order valence-corrected chi connectivity index (χ2v) is 10.5. The first-order valence-electron chi connectivity index (χ1n) is 10.1. The van der Waals surface area contributed by atoms with Gasteiger partial charge in [0.2, 0.25) is 0 Å². The van der Waals surface area contributed by atoms with Gasteiger partial charge in [-0.2, -0.15) is 0 Å². The number of carbonyl (C=O) groups is 3. The molecule has 34 heavy (non-hydrogen) atoms. The predicted molar refractivity (Wildman–Crippen MR) is 137 cm³/mol. The fourth-order valence-electron chi connectivity index (χ4n) is 3.60. The first kappa shape index (κ1) is 24.5. The summed E-state index contributed by atoms with van der Waals surface area (Å²) in [6.07, 6.45) is 0.701. The van der Waals surface area contributed by atoms with Gasteiger partial charge in [0, 0.05) is 33.7 Å². The van der Waals surface area contributed by atoms with Crippen molar-refractivity contribution < 1.29 is 33.7 Å². The largest absolute Gasteiger partial charge is 0.493 e. The van der Waals surface area contributed by atoms with E-state index in [0.717, 1.165) is 10.4 Å². The number of carboxylic acids is 1. The van der Waals surface area contributed by atoms with Gasteiger partial charge in [0.25, 0.3) is 0 Å². The third-order valence-electron chi connectivity index (χ3n) is 5.14. The molecule has 0 fully saturated rings. The molecule has 1 aromatic carbocycles. The Kier molecular flexibility index (Phi) is 7.73. The van der Waals surface area contributed by atoms with E-state index < -0.39 is 17.9 Å². The average Bonchev–Trinajstić information content (AvgIpc) is 3.24. The average molecular weight is 611 g/mol. The molecule has 0 spiro atoms. The summed E-state index contributed by atoms with van der Waals surface area (Å²) in [5.74, 6) is -1.54. The number of methoxy groups -OCH3 is 1. The number of pyridine rings is 1. The van der Waals surface area contributed by atoms with Gasteiger partial charge in [-0.1, -0.05) is 8.93 Å². The molecular formula is C23H18INO7S2. The highest BCUT2D eigenvalue weighted by atomic mass is 127. The molecule has 0 radical (unpaired) electrons. The lowest BCUT2D eigenvalue weighted by Crippen LogP contribution is -2.15. The van der Waals surface area contributed by atoms with Crippen LogP contribution in [0.2, 0.25) is 0 Å². The lowest BCUT2D eigenvalue weighted by atomic mass is 9.94. The van der Waals surface area contributed by atoms with Crippen molar-refractivity contribution in [1.82, 2.24) is 4.98 Å². The van der Waals surface area contributed by atoms with E-state index in [-0.39, 0.29) is 34.7 Å². The number of aromatic carboxylic acids is 1. The Bertz CT molecular complexity index is 1270. The van der Waals surface area contributed by atoms with Crippen LogP contribution in [0, 0.1) is 0 Å². The molecule has 0 saturated heterocycles. The summed E-state index contributed by atoms with van der Waals surface area (Å²) < 4.78 is 16.0. The normalized spacial score (nSPS) is 12.1. The van der Waals surface area contributed by atoms with Crippen LogP contribution in [0.5, 0.6) is 5.75 Å². The van der Waals surface area contributed by atoms with E-state index in [1.54, 1.807) is 12.1 Å². The molecule has 1 aliphatic rings. The lowest BCUT2D eigenvalue weighted by Gasteiger charge is -2.15. The number of fused-ring (bicyclic) bond motifs is 3. The summed E-state index contributed by atoms with van der Waals surface area (Å²) in [5.41, 5.74) is 1.94.